The standard InChI is InChI=1S/C30H40N2O2/c1-29(34)13-11-22-20(17-29)5-7-24-23(22)12-14-30(2)25(24)8-9-26(30)28(33)18-32-21-6-10-27-19(16-21)4-3-15-31-27/h3-4,6,10,15-16,20,22-26,32,34H,5,7-9,11-14,17-18H2,1-2H3/t20-,22-,23?,24?,25?,26+,29+,30-/m0/s1. The van der Waals surface area contributed by atoms with Crippen LogP contribution in [0.25, 0.3) is 10.9 Å². The Morgan fingerprint density at radius 1 is 1.03 bits per heavy atom. The molecule has 2 aromatic rings. The number of aromatic nitrogens is 1. The van der Waals surface area contributed by atoms with Gasteiger partial charge in [-0.15, -0.1) is 0 Å². The molecule has 0 saturated heterocycles. The number of fused-ring (bicyclic) bond motifs is 6. The number of anilines is 1. The SMILES string of the molecule is C[C@@]1(O)CC[C@@H]2C3CC[C@@]4(C)C(CC[C@@H]4C(=O)CNc4ccc5ncccc5c4)C3CC[C@H]2C1. The molecule has 0 amide bonds. The molecule has 4 nitrogen and oxygen atoms in total. The molecule has 2 N–H and O–H groups in total. The van der Waals surface area contributed by atoms with Crippen molar-refractivity contribution in [3.63, 3.8) is 0 Å². The fourth-order valence-corrected chi connectivity index (χ4v) is 9.11. The number of benzene rings is 1. The topological polar surface area (TPSA) is 62.2 Å². The van der Waals surface area contributed by atoms with Gasteiger partial charge in [-0.3, -0.25) is 9.78 Å². The number of hydrogen-bond acceptors (Lipinski definition) is 4. The molecule has 0 spiro atoms. The number of pyridine rings is 1. The summed E-state index contributed by atoms with van der Waals surface area (Å²) >= 11 is 0. The highest BCUT2D eigenvalue weighted by atomic mass is 16.3. The molecule has 1 heterocycles. The van der Waals surface area contributed by atoms with Crippen molar-refractivity contribution < 1.29 is 9.90 Å². The minimum atomic E-state index is -0.448. The van der Waals surface area contributed by atoms with E-state index in [4.69, 9.17) is 0 Å². The van der Waals surface area contributed by atoms with Crippen LogP contribution in [-0.4, -0.2) is 28.0 Å². The number of carbonyl (C=O) groups excluding carboxylic acids is 1. The average Bonchev–Trinajstić information content (AvgIpc) is 3.19. The van der Waals surface area contributed by atoms with Crippen LogP contribution in [0.2, 0.25) is 0 Å². The van der Waals surface area contributed by atoms with Gasteiger partial charge in [0.2, 0.25) is 0 Å². The predicted molar refractivity (Wildman–Crippen MR) is 136 cm³/mol. The molecular formula is C30H40N2O2. The van der Waals surface area contributed by atoms with Crippen LogP contribution in [0.1, 0.15) is 71.6 Å². The lowest BCUT2D eigenvalue weighted by Crippen LogP contribution is -2.51. The molecule has 0 aliphatic heterocycles. The highest BCUT2D eigenvalue weighted by Gasteiger charge is 2.58. The highest BCUT2D eigenvalue weighted by Crippen LogP contribution is 2.64. The summed E-state index contributed by atoms with van der Waals surface area (Å²) in [6, 6.07) is 10.2. The van der Waals surface area contributed by atoms with Gasteiger partial charge in [0.05, 0.1) is 17.7 Å². The lowest BCUT2D eigenvalue weighted by atomic mass is 9.49. The third-order valence-corrected chi connectivity index (χ3v) is 10.7. The second-order valence-electron chi connectivity index (χ2n) is 12.6. The van der Waals surface area contributed by atoms with Crippen molar-refractivity contribution in [1.82, 2.24) is 4.98 Å². The first kappa shape index (κ1) is 22.5. The van der Waals surface area contributed by atoms with Gasteiger partial charge in [0.25, 0.3) is 0 Å². The van der Waals surface area contributed by atoms with Gasteiger partial charge in [0.1, 0.15) is 0 Å². The minimum Gasteiger partial charge on any atom is -0.390 e. The van der Waals surface area contributed by atoms with Crippen molar-refractivity contribution in [2.24, 2.45) is 40.9 Å². The Labute approximate surface area is 203 Å². The second kappa shape index (κ2) is 8.33. The van der Waals surface area contributed by atoms with Gasteiger partial charge >= 0.3 is 0 Å². The second-order valence-corrected chi connectivity index (χ2v) is 12.6. The van der Waals surface area contributed by atoms with E-state index in [1.165, 1.54) is 38.5 Å². The summed E-state index contributed by atoms with van der Waals surface area (Å²) in [5, 5.41) is 15.2. The maximum atomic E-state index is 13.5. The number of aliphatic hydroxyl groups is 1. The summed E-state index contributed by atoms with van der Waals surface area (Å²) in [6.45, 7) is 4.92. The molecule has 4 aliphatic carbocycles. The van der Waals surface area contributed by atoms with Crippen molar-refractivity contribution in [3.05, 3.63) is 36.5 Å². The van der Waals surface area contributed by atoms with Crippen LogP contribution in [-0.2, 0) is 4.79 Å². The van der Waals surface area contributed by atoms with E-state index in [0.717, 1.165) is 59.5 Å². The van der Waals surface area contributed by atoms with Crippen LogP contribution in [0.4, 0.5) is 5.69 Å². The third-order valence-electron chi connectivity index (χ3n) is 10.7. The lowest BCUT2D eigenvalue weighted by molar-refractivity contribution is -0.130. The number of ketones is 1. The number of nitrogens with zero attached hydrogens (tertiary/aromatic N) is 1. The molecule has 0 bridgehead atoms. The van der Waals surface area contributed by atoms with Crippen molar-refractivity contribution >= 4 is 22.4 Å². The van der Waals surface area contributed by atoms with Crippen LogP contribution < -0.4 is 5.32 Å². The third kappa shape index (κ3) is 3.77. The van der Waals surface area contributed by atoms with Crippen molar-refractivity contribution in [3.8, 4) is 0 Å². The summed E-state index contributed by atoms with van der Waals surface area (Å²) < 4.78 is 0. The fraction of sp³-hybridized carbons (Fsp3) is 0.667. The molecule has 1 aromatic carbocycles. The largest absolute Gasteiger partial charge is 0.390 e. The zero-order valence-electron chi connectivity index (χ0n) is 20.8. The number of Topliss-reactive ketones (excluding diaryl/α,β-unsaturated/α-hetero) is 1. The Bertz CT molecular complexity index is 1080. The summed E-state index contributed by atoms with van der Waals surface area (Å²) in [4.78, 5) is 17.9. The first-order chi connectivity index (χ1) is 16.3. The first-order valence-corrected chi connectivity index (χ1v) is 13.7. The Morgan fingerprint density at radius 2 is 1.88 bits per heavy atom. The van der Waals surface area contributed by atoms with Crippen LogP contribution in [0.15, 0.2) is 36.5 Å². The average molecular weight is 461 g/mol. The maximum Gasteiger partial charge on any atom is 0.155 e. The number of hydrogen-bond donors (Lipinski definition) is 2. The Hall–Kier alpha value is -1.94. The zero-order chi connectivity index (χ0) is 23.5. The molecule has 4 aliphatic rings. The van der Waals surface area contributed by atoms with Crippen molar-refractivity contribution in [1.29, 1.82) is 0 Å². The van der Waals surface area contributed by atoms with Crippen LogP contribution in [0, 0.1) is 40.9 Å². The molecule has 4 fully saturated rings. The molecular weight excluding hydrogens is 420 g/mol. The maximum absolute atomic E-state index is 13.5. The van der Waals surface area contributed by atoms with Crippen molar-refractivity contribution in [2.75, 3.05) is 11.9 Å². The van der Waals surface area contributed by atoms with Gasteiger partial charge in [0.15, 0.2) is 5.78 Å². The summed E-state index contributed by atoms with van der Waals surface area (Å²) in [7, 11) is 0. The van der Waals surface area contributed by atoms with Gasteiger partial charge in [-0.2, -0.15) is 0 Å². The van der Waals surface area contributed by atoms with Gasteiger partial charge in [0, 0.05) is 23.2 Å². The normalized spacial score (nSPS) is 41.4. The Balaban J connectivity index is 1.13. The van der Waals surface area contributed by atoms with E-state index in [9.17, 15) is 9.90 Å². The molecule has 6 rings (SSSR count). The van der Waals surface area contributed by atoms with Gasteiger partial charge in [-0.25, -0.2) is 0 Å². The highest BCUT2D eigenvalue weighted by molar-refractivity contribution is 5.87. The molecule has 8 atom stereocenters. The van der Waals surface area contributed by atoms with Gasteiger partial charge in [-0.1, -0.05) is 13.0 Å². The van der Waals surface area contributed by atoms with E-state index in [0.29, 0.717) is 18.2 Å². The van der Waals surface area contributed by atoms with E-state index in [1.54, 1.807) is 0 Å². The predicted octanol–water partition coefficient (Wildman–Crippen LogP) is 6.24. The van der Waals surface area contributed by atoms with Gasteiger partial charge in [-0.05, 0) is 124 Å². The van der Waals surface area contributed by atoms with E-state index in [-0.39, 0.29) is 11.3 Å². The quantitative estimate of drug-likeness (QED) is 0.567. The van der Waals surface area contributed by atoms with E-state index in [2.05, 4.69) is 29.4 Å². The monoisotopic (exact) mass is 460 g/mol. The number of rotatable bonds is 4. The molecule has 34 heavy (non-hydrogen) atoms. The molecule has 1 aromatic heterocycles. The lowest BCUT2D eigenvalue weighted by Gasteiger charge is -2.56. The Kier molecular flexibility index (Phi) is 5.51. The molecule has 4 saturated carbocycles. The summed E-state index contributed by atoms with van der Waals surface area (Å²) in [6.07, 6.45) is 12.4. The smallest absolute Gasteiger partial charge is 0.155 e. The van der Waals surface area contributed by atoms with Crippen LogP contribution in [0.3, 0.4) is 0 Å². The van der Waals surface area contributed by atoms with E-state index >= 15 is 0 Å². The number of carbonyl (C=O) groups is 1. The molecule has 4 heteroatoms. The van der Waals surface area contributed by atoms with Crippen LogP contribution in [0.5, 0.6) is 0 Å². The number of nitrogens with one attached hydrogen (secondary N) is 1. The Morgan fingerprint density at radius 3 is 2.76 bits per heavy atom. The molecule has 3 unspecified atom stereocenters. The fourth-order valence-electron chi connectivity index (χ4n) is 9.11. The molecule has 182 valence electrons. The zero-order valence-corrected chi connectivity index (χ0v) is 20.8. The minimum absolute atomic E-state index is 0.167. The molecule has 0 radical (unpaired) electrons. The van der Waals surface area contributed by atoms with E-state index in [1.807, 2.05) is 31.3 Å². The first-order valence-electron chi connectivity index (χ1n) is 13.7. The van der Waals surface area contributed by atoms with Crippen molar-refractivity contribution in [2.45, 2.75) is 77.2 Å². The van der Waals surface area contributed by atoms with Gasteiger partial charge < -0.3 is 10.4 Å². The summed E-state index contributed by atoms with van der Waals surface area (Å²) in [5.74, 6) is 4.44. The van der Waals surface area contributed by atoms with Crippen LogP contribution >= 0.6 is 0 Å². The summed E-state index contributed by atoms with van der Waals surface area (Å²) in [5.41, 5.74) is 1.71. The van der Waals surface area contributed by atoms with E-state index < -0.39 is 5.60 Å².